The second kappa shape index (κ2) is 3.81. The van der Waals surface area contributed by atoms with Crippen LogP contribution in [0.25, 0.3) is 0 Å². The number of pyridine rings is 1. The fourth-order valence-corrected chi connectivity index (χ4v) is 2.21. The zero-order valence-corrected chi connectivity index (χ0v) is 10.1. The van der Waals surface area contributed by atoms with Gasteiger partial charge in [-0.1, -0.05) is 20.8 Å². The van der Waals surface area contributed by atoms with Crippen LogP contribution >= 0.6 is 0 Å². The third-order valence-corrected chi connectivity index (χ3v) is 3.84. The van der Waals surface area contributed by atoms with Gasteiger partial charge in [-0.2, -0.15) is 0 Å². The Kier molecular flexibility index (Phi) is 2.74. The molecule has 1 aliphatic rings. The molecule has 1 aromatic rings. The molecule has 0 spiro atoms. The third-order valence-electron chi connectivity index (χ3n) is 3.84. The molecule has 88 valence electrons. The summed E-state index contributed by atoms with van der Waals surface area (Å²) in [6.07, 6.45) is 3.64. The molecule has 2 atom stereocenters. The van der Waals surface area contributed by atoms with E-state index in [-0.39, 0.29) is 5.82 Å². The highest BCUT2D eigenvalue weighted by atomic mass is 19.1. The maximum atomic E-state index is 14.0. The summed E-state index contributed by atoms with van der Waals surface area (Å²) in [4.78, 5) is 4.24. The first kappa shape index (κ1) is 11.5. The van der Waals surface area contributed by atoms with Gasteiger partial charge in [-0.15, -0.1) is 0 Å². The van der Waals surface area contributed by atoms with Crippen LogP contribution in [0.1, 0.15) is 50.8 Å². The molecule has 2 nitrogen and oxygen atoms in total. The predicted molar refractivity (Wildman–Crippen MR) is 62.5 cm³/mol. The number of rotatable bonds is 2. The molecule has 0 aliphatic heterocycles. The number of hydrogen-bond donors (Lipinski definition) is 1. The SMILES string of the molecule is CC(C)c1cnc(C2(N)CCC2C)c(F)c1. The van der Waals surface area contributed by atoms with E-state index in [1.54, 1.807) is 12.3 Å². The van der Waals surface area contributed by atoms with Crippen molar-refractivity contribution in [2.45, 2.75) is 45.1 Å². The number of nitrogens with zero attached hydrogens (tertiary/aromatic N) is 1. The topological polar surface area (TPSA) is 38.9 Å². The van der Waals surface area contributed by atoms with Gasteiger partial charge in [0.2, 0.25) is 0 Å². The summed E-state index contributed by atoms with van der Waals surface area (Å²) in [5.41, 5.74) is 7.02. The number of hydrogen-bond acceptors (Lipinski definition) is 2. The van der Waals surface area contributed by atoms with E-state index in [0.29, 0.717) is 17.5 Å². The second-order valence-electron chi connectivity index (χ2n) is 5.23. The van der Waals surface area contributed by atoms with Crippen LogP contribution in [0.15, 0.2) is 12.3 Å². The van der Waals surface area contributed by atoms with Gasteiger partial charge >= 0.3 is 0 Å². The van der Waals surface area contributed by atoms with Crippen molar-refractivity contribution in [3.05, 3.63) is 29.3 Å². The molecule has 1 fully saturated rings. The van der Waals surface area contributed by atoms with Crippen molar-refractivity contribution >= 4 is 0 Å². The predicted octanol–water partition coefficient (Wildman–Crippen LogP) is 2.93. The molecule has 3 heteroatoms. The first-order valence-electron chi connectivity index (χ1n) is 5.90. The van der Waals surface area contributed by atoms with E-state index >= 15 is 0 Å². The number of halogens is 1. The summed E-state index contributed by atoms with van der Waals surface area (Å²) in [5, 5.41) is 0. The van der Waals surface area contributed by atoms with Crippen molar-refractivity contribution in [2.24, 2.45) is 11.7 Å². The van der Waals surface area contributed by atoms with Gasteiger partial charge in [-0.05, 0) is 36.3 Å². The number of nitrogens with two attached hydrogens (primary N) is 1. The molecular weight excluding hydrogens is 203 g/mol. The van der Waals surface area contributed by atoms with E-state index in [0.717, 1.165) is 18.4 Å². The van der Waals surface area contributed by atoms with Gasteiger partial charge in [0.05, 0.1) is 11.2 Å². The fraction of sp³-hybridized carbons (Fsp3) is 0.615. The highest BCUT2D eigenvalue weighted by Crippen LogP contribution is 2.44. The smallest absolute Gasteiger partial charge is 0.146 e. The maximum Gasteiger partial charge on any atom is 0.146 e. The Hall–Kier alpha value is -0.960. The highest BCUT2D eigenvalue weighted by molar-refractivity contribution is 5.26. The highest BCUT2D eigenvalue weighted by Gasteiger charge is 2.44. The summed E-state index contributed by atoms with van der Waals surface area (Å²) < 4.78 is 14.0. The quantitative estimate of drug-likeness (QED) is 0.835. The lowest BCUT2D eigenvalue weighted by atomic mass is 9.66. The molecule has 0 bridgehead atoms. The average molecular weight is 222 g/mol. The van der Waals surface area contributed by atoms with Crippen LogP contribution in [-0.4, -0.2) is 4.98 Å². The van der Waals surface area contributed by atoms with Crippen molar-refractivity contribution in [1.82, 2.24) is 4.98 Å². The standard InChI is InChI=1S/C13H19FN2/c1-8(2)10-6-11(14)12(16-7-10)13(15)5-4-9(13)3/h6-9H,4-5,15H2,1-3H3. The molecule has 1 aliphatic carbocycles. The molecule has 0 aromatic carbocycles. The Balaban J connectivity index is 2.37. The van der Waals surface area contributed by atoms with E-state index in [4.69, 9.17) is 5.73 Å². The van der Waals surface area contributed by atoms with Crippen LogP contribution in [0, 0.1) is 11.7 Å². The van der Waals surface area contributed by atoms with E-state index in [1.165, 1.54) is 0 Å². The lowest BCUT2D eigenvalue weighted by Gasteiger charge is -2.44. The second-order valence-corrected chi connectivity index (χ2v) is 5.23. The molecule has 2 N–H and O–H groups in total. The first-order valence-corrected chi connectivity index (χ1v) is 5.90. The Morgan fingerprint density at radius 2 is 2.25 bits per heavy atom. The molecule has 1 heterocycles. The van der Waals surface area contributed by atoms with E-state index in [2.05, 4.69) is 11.9 Å². The Morgan fingerprint density at radius 1 is 1.56 bits per heavy atom. The summed E-state index contributed by atoms with van der Waals surface area (Å²) in [6.45, 7) is 6.11. The normalized spacial score (nSPS) is 29.2. The Morgan fingerprint density at radius 3 is 2.62 bits per heavy atom. The van der Waals surface area contributed by atoms with Gasteiger partial charge < -0.3 is 5.73 Å². The molecule has 0 amide bonds. The van der Waals surface area contributed by atoms with Gasteiger partial charge in [-0.3, -0.25) is 4.98 Å². The summed E-state index contributed by atoms with van der Waals surface area (Å²) >= 11 is 0. The van der Waals surface area contributed by atoms with Gasteiger partial charge in [0, 0.05) is 6.20 Å². The Labute approximate surface area is 96.1 Å². The van der Waals surface area contributed by atoms with Crippen molar-refractivity contribution < 1.29 is 4.39 Å². The van der Waals surface area contributed by atoms with Crippen molar-refractivity contribution in [3.63, 3.8) is 0 Å². The van der Waals surface area contributed by atoms with Gasteiger partial charge in [-0.25, -0.2) is 4.39 Å². The molecule has 2 rings (SSSR count). The van der Waals surface area contributed by atoms with Crippen LogP contribution in [-0.2, 0) is 5.54 Å². The van der Waals surface area contributed by atoms with E-state index < -0.39 is 5.54 Å². The molecule has 2 unspecified atom stereocenters. The molecular formula is C13H19FN2. The van der Waals surface area contributed by atoms with Crippen molar-refractivity contribution in [2.75, 3.05) is 0 Å². The van der Waals surface area contributed by atoms with Crippen LogP contribution in [0.5, 0.6) is 0 Å². The van der Waals surface area contributed by atoms with Crippen LogP contribution in [0.4, 0.5) is 4.39 Å². The number of aromatic nitrogens is 1. The first-order chi connectivity index (χ1) is 7.45. The van der Waals surface area contributed by atoms with E-state index in [1.807, 2.05) is 13.8 Å². The van der Waals surface area contributed by atoms with Crippen LogP contribution < -0.4 is 5.73 Å². The zero-order chi connectivity index (χ0) is 11.9. The summed E-state index contributed by atoms with van der Waals surface area (Å²) in [5.74, 6) is 0.364. The molecule has 16 heavy (non-hydrogen) atoms. The van der Waals surface area contributed by atoms with Crippen molar-refractivity contribution in [3.8, 4) is 0 Å². The monoisotopic (exact) mass is 222 g/mol. The van der Waals surface area contributed by atoms with Gasteiger partial charge in [0.1, 0.15) is 5.82 Å². The third kappa shape index (κ3) is 1.63. The molecule has 0 saturated heterocycles. The largest absolute Gasteiger partial charge is 0.320 e. The minimum atomic E-state index is -0.542. The summed E-state index contributed by atoms with van der Waals surface area (Å²) in [6, 6.07) is 1.58. The molecule has 1 aromatic heterocycles. The van der Waals surface area contributed by atoms with E-state index in [9.17, 15) is 4.39 Å². The van der Waals surface area contributed by atoms with Crippen LogP contribution in [0.2, 0.25) is 0 Å². The molecule has 1 saturated carbocycles. The minimum Gasteiger partial charge on any atom is -0.320 e. The lowest BCUT2D eigenvalue weighted by molar-refractivity contribution is 0.134. The average Bonchev–Trinajstić information content (AvgIpc) is 2.25. The van der Waals surface area contributed by atoms with Gasteiger partial charge in [0.15, 0.2) is 0 Å². The lowest BCUT2D eigenvalue weighted by Crippen LogP contribution is -2.51. The van der Waals surface area contributed by atoms with Crippen LogP contribution in [0.3, 0.4) is 0 Å². The summed E-state index contributed by atoms with van der Waals surface area (Å²) in [7, 11) is 0. The zero-order valence-electron chi connectivity index (χ0n) is 10.1. The van der Waals surface area contributed by atoms with Gasteiger partial charge in [0.25, 0.3) is 0 Å². The fourth-order valence-electron chi connectivity index (χ4n) is 2.21. The maximum absolute atomic E-state index is 14.0. The Bertz CT molecular complexity index is 403. The minimum absolute atomic E-state index is 0.250. The van der Waals surface area contributed by atoms with Crippen molar-refractivity contribution in [1.29, 1.82) is 0 Å². The molecule has 0 radical (unpaired) electrons.